The minimum atomic E-state index is -0.870. The van der Waals surface area contributed by atoms with Crippen LogP contribution in [-0.4, -0.2) is 32.8 Å². The SMILES string of the molecule is O=C(O)CCn1cc(C(=O)NC2CCCCCC2)cn1. The molecule has 20 heavy (non-hydrogen) atoms. The predicted octanol–water partition coefficient (Wildman–Crippen LogP) is 1.81. The lowest BCUT2D eigenvalue weighted by Crippen LogP contribution is -2.34. The van der Waals surface area contributed by atoms with E-state index in [4.69, 9.17) is 5.11 Å². The van der Waals surface area contributed by atoms with E-state index in [0.29, 0.717) is 5.56 Å². The second-order valence-corrected chi connectivity index (χ2v) is 5.30. The first-order chi connectivity index (χ1) is 9.65. The first-order valence-corrected chi connectivity index (χ1v) is 7.20. The fraction of sp³-hybridized carbons (Fsp3) is 0.643. The highest BCUT2D eigenvalue weighted by Crippen LogP contribution is 2.17. The molecule has 1 aliphatic carbocycles. The lowest BCUT2D eigenvalue weighted by atomic mass is 10.1. The maximum atomic E-state index is 12.1. The number of aryl methyl sites for hydroxylation is 1. The molecule has 0 aliphatic heterocycles. The lowest BCUT2D eigenvalue weighted by molar-refractivity contribution is -0.137. The van der Waals surface area contributed by atoms with Crippen molar-refractivity contribution < 1.29 is 14.7 Å². The van der Waals surface area contributed by atoms with Crippen LogP contribution in [-0.2, 0) is 11.3 Å². The summed E-state index contributed by atoms with van der Waals surface area (Å²) >= 11 is 0. The van der Waals surface area contributed by atoms with Gasteiger partial charge in [0.2, 0.25) is 0 Å². The van der Waals surface area contributed by atoms with E-state index in [1.807, 2.05) is 0 Å². The Morgan fingerprint density at radius 3 is 2.65 bits per heavy atom. The largest absolute Gasteiger partial charge is 0.481 e. The Hall–Kier alpha value is -1.85. The number of aliphatic carboxylic acids is 1. The molecule has 0 unspecified atom stereocenters. The summed E-state index contributed by atoms with van der Waals surface area (Å²) in [5.74, 6) is -0.983. The van der Waals surface area contributed by atoms with E-state index in [1.54, 1.807) is 6.20 Å². The molecule has 1 aromatic heterocycles. The summed E-state index contributed by atoms with van der Waals surface area (Å²) in [6.45, 7) is 0.284. The van der Waals surface area contributed by atoms with Gasteiger partial charge in [0.1, 0.15) is 0 Å². The van der Waals surface area contributed by atoms with Crippen LogP contribution < -0.4 is 5.32 Å². The lowest BCUT2D eigenvalue weighted by Gasteiger charge is -2.15. The summed E-state index contributed by atoms with van der Waals surface area (Å²) < 4.78 is 1.50. The molecule has 0 atom stereocenters. The number of carboxylic acid groups (broad SMARTS) is 1. The number of hydrogen-bond donors (Lipinski definition) is 2. The number of carbonyl (C=O) groups is 2. The van der Waals surface area contributed by atoms with Crippen molar-refractivity contribution in [1.29, 1.82) is 0 Å². The van der Waals surface area contributed by atoms with E-state index in [-0.39, 0.29) is 24.9 Å². The van der Waals surface area contributed by atoms with Crippen LogP contribution in [0.2, 0.25) is 0 Å². The number of rotatable bonds is 5. The zero-order chi connectivity index (χ0) is 14.4. The molecular weight excluding hydrogens is 258 g/mol. The number of hydrogen-bond acceptors (Lipinski definition) is 3. The third-order valence-electron chi connectivity index (χ3n) is 3.64. The summed E-state index contributed by atoms with van der Waals surface area (Å²) in [5, 5.41) is 15.7. The standard InChI is InChI=1S/C14H21N3O3/c18-13(19)7-8-17-10-11(9-15-17)14(20)16-12-5-3-1-2-4-6-12/h9-10,12H,1-8H2,(H,16,20)(H,18,19). The second-order valence-electron chi connectivity index (χ2n) is 5.30. The Labute approximate surface area is 118 Å². The highest BCUT2D eigenvalue weighted by molar-refractivity contribution is 5.93. The summed E-state index contributed by atoms with van der Waals surface area (Å²) in [4.78, 5) is 22.6. The normalized spacial score (nSPS) is 16.6. The van der Waals surface area contributed by atoms with E-state index in [2.05, 4.69) is 10.4 Å². The summed E-state index contributed by atoms with van der Waals surface area (Å²) in [6, 6.07) is 0.257. The summed E-state index contributed by atoms with van der Waals surface area (Å²) in [7, 11) is 0. The van der Waals surface area contributed by atoms with Crippen molar-refractivity contribution >= 4 is 11.9 Å². The van der Waals surface area contributed by atoms with Crippen LogP contribution in [0.25, 0.3) is 0 Å². The van der Waals surface area contributed by atoms with Gasteiger partial charge >= 0.3 is 5.97 Å². The molecule has 1 amide bonds. The van der Waals surface area contributed by atoms with E-state index < -0.39 is 5.97 Å². The monoisotopic (exact) mass is 279 g/mol. The van der Waals surface area contributed by atoms with Crippen molar-refractivity contribution in [2.75, 3.05) is 0 Å². The minimum Gasteiger partial charge on any atom is -0.481 e. The maximum absolute atomic E-state index is 12.1. The number of carbonyl (C=O) groups excluding carboxylic acids is 1. The Bertz CT molecular complexity index is 462. The maximum Gasteiger partial charge on any atom is 0.305 e. The van der Waals surface area contributed by atoms with Crippen LogP contribution in [0.3, 0.4) is 0 Å². The molecule has 2 rings (SSSR count). The molecule has 6 heteroatoms. The molecule has 0 aromatic carbocycles. The predicted molar refractivity (Wildman–Crippen MR) is 73.4 cm³/mol. The third kappa shape index (κ3) is 4.36. The second kappa shape index (κ2) is 7.07. The van der Waals surface area contributed by atoms with Crippen LogP contribution in [0.1, 0.15) is 55.3 Å². The van der Waals surface area contributed by atoms with Crippen LogP contribution in [0.4, 0.5) is 0 Å². The van der Waals surface area contributed by atoms with Crippen molar-refractivity contribution in [2.45, 2.75) is 57.5 Å². The zero-order valence-corrected chi connectivity index (χ0v) is 11.5. The Balaban J connectivity index is 1.86. The first-order valence-electron chi connectivity index (χ1n) is 7.20. The molecule has 1 saturated carbocycles. The van der Waals surface area contributed by atoms with Gasteiger partial charge in [-0.2, -0.15) is 5.10 Å². The van der Waals surface area contributed by atoms with Crippen molar-refractivity contribution in [3.63, 3.8) is 0 Å². The van der Waals surface area contributed by atoms with Crippen LogP contribution in [0.5, 0.6) is 0 Å². The van der Waals surface area contributed by atoms with Crippen LogP contribution in [0.15, 0.2) is 12.4 Å². The van der Waals surface area contributed by atoms with Crippen LogP contribution in [0, 0.1) is 0 Å². The van der Waals surface area contributed by atoms with Crippen molar-refractivity contribution in [3.05, 3.63) is 18.0 Å². The fourth-order valence-corrected chi connectivity index (χ4v) is 2.51. The van der Waals surface area contributed by atoms with Crippen molar-refractivity contribution in [3.8, 4) is 0 Å². The topological polar surface area (TPSA) is 84.2 Å². The van der Waals surface area contributed by atoms with Gasteiger partial charge < -0.3 is 10.4 Å². The van der Waals surface area contributed by atoms with Gasteiger partial charge in [0.05, 0.1) is 24.7 Å². The molecular formula is C14H21N3O3. The first kappa shape index (κ1) is 14.6. The molecule has 110 valence electrons. The molecule has 1 heterocycles. The van der Waals surface area contributed by atoms with E-state index in [9.17, 15) is 9.59 Å². The minimum absolute atomic E-state index is 0.00532. The Kier molecular flexibility index (Phi) is 5.15. The molecule has 1 aromatic rings. The molecule has 0 spiro atoms. The molecule has 6 nitrogen and oxygen atoms in total. The Morgan fingerprint density at radius 1 is 1.30 bits per heavy atom. The molecule has 0 saturated heterocycles. The van der Waals surface area contributed by atoms with Gasteiger partial charge in [-0.05, 0) is 12.8 Å². The fourth-order valence-electron chi connectivity index (χ4n) is 2.51. The molecule has 0 bridgehead atoms. The average molecular weight is 279 g/mol. The van der Waals surface area contributed by atoms with Crippen molar-refractivity contribution in [2.24, 2.45) is 0 Å². The van der Waals surface area contributed by atoms with Gasteiger partial charge in [-0.15, -0.1) is 0 Å². The summed E-state index contributed by atoms with van der Waals surface area (Å²) in [5.41, 5.74) is 0.500. The van der Waals surface area contributed by atoms with E-state index in [1.165, 1.54) is 36.6 Å². The molecule has 1 fully saturated rings. The van der Waals surface area contributed by atoms with Gasteiger partial charge in [-0.3, -0.25) is 14.3 Å². The molecule has 0 radical (unpaired) electrons. The smallest absolute Gasteiger partial charge is 0.305 e. The van der Waals surface area contributed by atoms with Crippen LogP contribution >= 0.6 is 0 Å². The highest BCUT2D eigenvalue weighted by Gasteiger charge is 2.16. The number of carboxylic acids is 1. The number of aromatic nitrogens is 2. The van der Waals surface area contributed by atoms with Gasteiger partial charge in [0.25, 0.3) is 5.91 Å². The highest BCUT2D eigenvalue weighted by atomic mass is 16.4. The van der Waals surface area contributed by atoms with Gasteiger partial charge in [-0.25, -0.2) is 0 Å². The number of amides is 1. The Morgan fingerprint density at radius 2 is 2.00 bits per heavy atom. The molecule has 1 aliphatic rings. The summed E-state index contributed by atoms with van der Waals surface area (Å²) in [6.07, 6.45) is 10.0. The zero-order valence-electron chi connectivity index (χ0n) is 11.5. The van der Waals surface area contributed by atoms with Gasteiger partial charge in [0.15, 0.2) is 0 Å². The average Bonchev–Trinajstić information content (AvgIpc) is 2.75. The number of nitrogens with zero attached hydrogens (tertiary/aromatic N) is 2. The third-order valence-corrected chi connectivity index (χ3v) is 3.64. The molecule has 2 N–H and O–H groups in total. The quantitative estimate of drug-likeness (QED) is 0.805. The van der Waals surface area contributed by atoms with Gasteiger partial charge in [-0.1, -0.05) is 25.7 Å². The van der Waals surface area contributed by atoms with E-state index >= 15 is 0 Å². The van der Waals surface area contributed by atoms with Crippen molar-refractivity contribution in [1.82, 2.24) is 15.1 Å². The van der Waals surface area contributed by atoms with E-state index in [0.717, 1.165) is 12.8 Å². The number of nitrogens with one attached hydrogen (secondary N) is 1. The van der Waals surface area contributed by atoms with Gasteiger partial charge in [0, 0.05) is 12.2 Å².